The molecule has 0 atom stereocenters. The Morgan fingerprint density at radius 2 is 2.00 bits per heavy atom. The van der Waals surface area contributed by atoms with E-state index in [9.17, 15) is 4.79 Å². The summed E-state index contributed by atoms with van der Waals surface area (Å²) < 4.78 is 5.37. The number of likely N-dealkylation sites (tertiary alicyclic amines) is 2. The van der Waals surface area contributed by atoms with Gasteiger partial charge in [0.15, 0.2) is 0 Å². The fraction of sp³-hybridized carbons (Fsp3) is 0.533. The van der Waals surface area contributed by atoms with Gasteiger partial charge < -0.3 is 14.5 Å². The van der Waals surface area contributed by atoms with Crippen molar-refractivity contribution in [3.63, 3.8) is 0 Å². The van der Waals surface area contributed by atoms with Gasteiger partial charge in [0, 0.05) is 31.6 Å². The van der Waals surface area contributed by atoms with E-state index in [1.54, 1.807) is 0 Å². The van der Waals surface area contributed by atoms with Crippen LogP contribution in [0.2, 0.25) is 0 Å². The summed E-state index contributed by atoms with van der Waals surface area (Å²) in [5.74, 6) is 0. The maximum Gasteiger partial charge on any atom is 0.410 e. The SMILES string of the molecule is CN1CC2(CCN(C(=O)OCc3ccccc3)C2)C1. The molecule has 0 radical (unpaired) electrons. The minimum absolute atomic E-state index is 0.171. The Bertz CT molecular complexity index is 454. The molecule has 2 saturated heterocycles. The van der Waals surface area contributed by atoms with Crippen molar-refractivity contribution in [3.05, 3.63) is 35.9 Å². The average molecular weight is 260 g/mol. The fourth-order valence-corrected chi connectivity index (χ4v) is 3.26. The van der Waals surface area contributed by atoms with Gasteiger partial charge in [-0.15, -0.1) is 0 Å². The lowest BCUT2D eigenvalue weighted by Crippen LogP contribution is -2.55. The van der Waals surface area contributed by atoms with Crippen LogP contribution in [0.25, 0.3) is 0 Å². The van der Waals surface area contributed by atoms with E-state index in [2.05, 4.69) is 11.9 Å². The lowest BCUT2D eigenvalue weighted by molar-refractivity contribution is 0.0280. The summed E-state index contributed by atoms with van der Waals surface area (Å²) in [6, 6.07) is 9.82. The maximum absolute atomic E-state index is 12.0. The number of carbonyl (C=O) groups excluding carboxylic acids is 1. The zero-order valence-electron chi connectivity index (χ0n) is 11.3. The number of amides is 1. The van der Waals surface area contributed by atoms with Crippen LogP contribution in [0.15, 0.2) is 30.3 Å². The van der Waals surface area contributed by atoms with Gasteiger partial charge in [0.2, 0.25) is 0 Å². The van der Waals surface area contributed by atoms with Crippen molar-refractivity contribution in [2.75, 3.05) is 33.2 Å². The molecule has 0 aromatic heterocycles. The molecule has 4 heteroatoms. The Hall–Kier alpha value is -1.55. The Kier molecular flexibility index (Phi) is 3.19. The highest BCUT2D eigenvalue weighted by Gasteiger charge is 2.47. The number of nitrogens with zero attached hydrogens (tertiary/aromatic N) is 2. The zero-order chi connectivity index (χ0) is 13.3. The molecule has 0 bridgehead atoms. The summed E-state index contributed by atoms with van der Waals surface area (Å²) in [4.78, 5) is 16.2. The lowest BCUT2D eigenvalue weighted by atomic mass is 9.80. The first-order chi connectivity index (χ1) is 9.17. The van der Waals surface area contributed by atoms with E-state index in [4.69, 9.17) is 4.74 Å². The number of carbonyl (C=O) groups is 1. The van der Waals surface area contributed by atoms with Gasteiger partial charge in [0.25, 0.3) is 0 Å². The second-order valence-corrected chi connectivity index (χ2v) is 5.88. The number of ether oxygens (including phenoxy) is 1. The van der Waals surface area contributed by atoms with Crippen molar-refractivity contribution in [2.45, 2.75) is 13.0 Å². The topological polar surface area (TPSA) is 32.8 Å². The van der Waals surface area contributed by atoms with Crippen LogP contribution in [0, 0.1) is 5.41 Å². The Balaban J connectivity index is 1.49. The van der Waals surface area contributed by atoms with Gasteiger partial charge in [-0.05, 0) is 19.0 Å². The predicted octanol–water partition coefficient (Wildman–Crippen LogP) is 1.96. The van der Waals surface area contributed by atoms with E-state index in [1.165, 1.54) is 0 Å². The van der Waals surface area contributed by atoms with Crippen LogP contribution in [0.4, 0.5) is 4.79 Å². The third-order valence-corrected chi connectivity index (χ3v) is 4.11. The summed E-state index contributed by atoms with van der Waals surface area (Å²) in [6.07, 6.45) is 0.938. The van der Waals surface area contributed by atoms with E-state index < -0.39 is 0 Å². The first-order valence-electron chi connectivity index (χ1n) is 6.81. The third kappa shape index (κ3) is 2.59. The summed E-state index contributed by atoms with van der Waals surface area (Å²) in [6.45, 7) is 4.26. The molecule has 2 aliphatic rings. The summed E-state index contributed by atoms with van der Waals surface area (Å²) in [5.41, 5.74) is 1.38. The van der Waals surface area contributed by atoms with Crippen molar-refractivity contribution >= 4 is 6.09 Å². The highest BCUT2D eigenvalue weighted by molar-refractivity contribution is 5.68. The summed E-state index contributed by atoms with van der Waals surface area (Å²) >= 11 is 0. The molecule has 1 aromatic rings. The number of benzene rings is 1. The second-order valence-electron chi connectivity index (χ2n) is 5.88. The maximum atomic E-state index is 12.0. The Morgan fingerprint density at radius 1 is 1.26 bits per heavy atom. The van der Waals surface area contributed by atoms with Crippen LogP contribution in [-0.2, 0) is 11.3 Å². The molecule has 102 valence electrons. The largest absolute Gasteiger partial charge is 0.445 e. The molecular weight excluding hydrogens is 240 g/mol. The average Bonchev–Trinajstić information content (AvgIpc) is 2.82. The number of hydrogen-bond donors (Lipinski definition) is 0. The van der Waals surface area contributed by atoms with Crippen LogP contribution >= 0.6 is 0 Å². The van der Waals surface area contributed by atoms with Gasteiger partial charge in [-0.25, -0.2) is 4.79 Å². The third-order valence-electron chi connectivity index (χ3n) is 4.11. The van der Waals surface area contributed by atoms with Gasteiger partial charge >= 0.3 is 6.09 Å². The molecule has 1 amide bonds. The van der Waals surface area contributed by atoms with Gasteiger partial charge in [-0.3, -0.25) is 0 Å². The molecule has 0 unspecified atom stereocenters. The smallest absolute Gasteiger partial charge is 0.410 e. The summed E-state index contributed by atoms with van der Waals surface area (Å²) in [5, 5.41) is 0. The fourth-order valence-electron chi connectivity index (χ4n) is 3.26. The van der Waals surface area contributed by atoms with Crippen molar-refractivity contribution in [2.24, 2.45) is 5.41 Å². The molecule has 0 saturated carbocycles. The molecule has 3 rings (SSSR count). The first-order valence-corrected chi connectivity index (χ1v) is 6.81. The van der Waals surface area contributed by atoms with Crippen molar-refractivity contribution in [1.29, 1.82) is 0 Å². The van der Waals surface area contributed by atoms with E-state index >= 15 is 0 Å². The molecule has 1 aromatic carbocycles. The monoisotopic (exact) mass is 260 g/mol. The summed E-state index contributed by atoms with van der Waals surface area (Å²) in [7, 11) is 2.13. The highest BCUT2D eigenvalue weighted by Crippen LogP contribution is 2.38. The van der Waals surface area contributed by atoms with Gasteiger partial charge in [-0.2, -0.15) is 0 Å². The van der Waals surface area contributed by atoms with Crippen LogP contribution < -0.4 is 0 Å². The Labute approximate surface area is 113 Å². The van der Waals surface area contributed by atoms with E-state index in [1.807, 2.05) is 35.2 Å². The number of hydrogen-bond acceptors (Lipinski definition) is 3. The molecule has 2 fully saturated rings. The van der Waals surface area contributed by atoms with Crippen molar-refractivity contribution in [1.82, 2.24) is 9.80 Å². The highest BCUT2D eigenvalue weighted by atomic mass is 16.6. The molecule has 1 spiro atoms. The van der Waals surface area contributed by atoms with Crippen LogP contribution in [0.5, 0.6) is 0 Å². The van der Waals surface area contributed by atoms with Crippen LogP contribution in [0.1, 0.15) is 12.0 Å². The Morgan fingerprint density at radius 3 is 2.68 bits per heavy atom. The molecule has 19 heavy (non-hydrogen) atoms. The molecule has 0 aliphatic carbocycles. The molecule has 0 N–H and O–H groups in total. The standard InChI is InChI=1S/C15H20N2O2/c1-16-10-15(11-16)7-8-17(12-15)14(18)19-9-13-5-3-2-4-6-13/h2-6H,7-12H2,1H3. The van der Waals surface area contributed by atoms with Crippen molar-refractivity contribution < 1.29 is 9.53 Å². The molecule has 2 aliphatic heterocycles. The quantitative estimate of drug-likeness (QED) is 0.815. The van der Waals surface area contributed by atoms with Gasteiger partial charge in [0.1, 0.15) is 6.61 Å². The predicted molar refractivity (Wildman–Crippen MR) is 72.7 cm³/mol. The van der Waals surface area contributed by atoms with Crippen LogP contribution in [-0.4, -0.2) is 49.1 Å². The van der Waals surface area contributed by atoms with Gasteiger partial charge in [0.05, 0.1) is 0 Å². The minimum Gasteiger partial charge on any atom is -0.445 e. The zero-order valence-corrected chi connectivity index (χ0v) is 11.3. The lowest BCUT2D eigenvalue weighted by Gasteiger charge is -2.45. The second kappa shape index (κ2) is 4.85. The molecule has 2 heterocycles. The molecule has 4 nitrogen and oxygen atoms in total. The molecular formula is C15H20N2O2. The first kappa shape index (κ1) is 12.5. The normalized spacial score (nSPS) is 21.4. The van der Waals surface area contributed by atoms with Crippen LogP contribution in [0.3, 0.4) is 0 Å². The van der Waals surface area contributed by atoms with Gasteiger partial charge in [-0.1, -0.05) is 30.3 Å². The van der Waals surface area contributed by atoms with E-state index in [-0.39, 0.29) is 6.09 Å². The van der Waals surface area contributed by atoms with E-state index in [0.29, 0.717) is 12.0 Å². The number of rotatable bonds is 2. The van der Waals surface area contributed by atoms with E-state index in [0.717, 1.165) is 38.2 Å². The minimum atomic E-state index is -0.171. The van der Waals surface area contributed by atoms with Crippen molar-refractivity contribution in [3.8, 4) is 0 Å².